The summed E-state index contributed by atoms with van der Waals surface area (Å²) in [7, 11) is 0. The molecule has 9 heteroatoms. The Morgan fingerprint density at radius 3 is 2.57 bits per heavy atom. The van der Waals surface area contributed by atoms with Gasteiger partial charge in [-0.1, -0.05) is 6.07 Å². The molecule has 0 radical (unpaired) electrons. The van der Waals surface area contributed by atoms with Crippen molar-refractivity contribution in [2.75, 3.05) is 10.6 Å². The van der Waals surface area contributed by atoms with Crippen LogP contribution >= 0.6 is 0 Å². The lowest BCUT2D eigenvalue weighted by Crippen LogP contribution is -2.30. The van der Waals surface area contributed by atoms with Crippen molar-refractivity contribution in [3.8, 4) is 0 Å². The second-order valence-corrected chi connectivity index (χ2v) is 6.47. The molecule has 28 heavy (non-hydrogen) atoms. The number of nitrogens with zero attached hydrogens (tertiary/aromatic N) is 1. The standard InChI is InChI=1S/C19H18F3N3O3/c1-11(17(26)25-15-4-2-3-13(9-15)19(20,21)22)28-18(27)12-5-8-16(23-10-12)24-14-6-7-14/h2-5,8-11,14H,6-7H2,1H3,(H,23,24)(H,25,26). The number of halogens is 3. The number of hydrogen-bond donors (Lipinski definition) is 2. The van der Waals surface area contributed by atoms with Crippen molar-refractivity contribution in [1.29, 1.82) is 0 Å². The van der Waals surface area contributed by atoms with Crippen LogP contribution in [0.2, 0.25) is 0 Å². The van der Waals surface area contributed by atoms with Gasteiger partial charge < -0.3 is 15.4 Å². The van der Waals surface area contributed by atoms with Gasteiger partial charge >= 0.3 is 12.1 Å². The van der Waals surface area contributed by atoms with Gasteiger partial charge in [-0.2, -0.15) is 13.2 Å². The molecule has 1 amide bonds. The number of rotatable bonds is 6. The van der Waals surface area contributed by atoms with Crippen LogP contribution in [0.15, 0.2) is 42.6 Å². The molecular formula is C19H18F3N3O3. The fourth-order valence-electron chi connectivity index (χ4n) is 2.34. The van der Waals surface area contributed by atoms with E-state index in [1.54, 1.807) is 6.07 Å². The van der Waals surface area contributed by atoms with Crippen molar-refractivity contribution in [3.05, 3.63) is 53.7 Å². The molecule has 1 aliphatic rings. The van der Waals surface area contributed by atoms with Crippen molar-refractivity contribution >= 4 is 23.4 Å². The summed E-state index contributed by atoms with van der Waals surface area (Å²) in [5.41, 5.74) is -0.763. The Hall–Kier alpha value is -3.10. The van der Waals surface area contributed by atoms with Crippen LogP contribution in [0.5, 0.6) is 0 Å². The molecule has 1 heterocycles. The van der Waals surface area contributed by atoms with Gasteiger partial charge in [0.15, 0.2) is 6.10 Å². The molecular weight excluding hydrogens is 375 g/mol. The number of benzene rings is 1. The number of nitrogens with one attached hydrogen (secondary N) is 2. The zero-order valence-electron chi connectivity index (χ0n) is 14.9. The Labute approximate surface area is 159 Å². The van der Waals surface area contributed by atoms with E-state index < -0.39 is 29.7 Å². The third-order valence-corrected chi connectivity index (χ3v) is 4.04. The van der Waals surface area contributed by atoms with Crippen molar-refractivity contribution in [3.63, 3.8) is 0 Å². The molecule has 3 rings (SSSR count). The van der Waals surface area contributed by atoms with E-state index >= 15 is 0 Å². The summed E-state index contributed by atoms with van der Waals surface area (Å²) in [6, 6.07) is 7.79. The first-order valence-electron chi connectivity index (χ1n) is 8.64. The lowest BCUT2D eigenvalue weighted by molar-refractivity contribution is -0.137. The van der Waals surface area contributed by atoms with E-state index in [9.17, 15) is 22.8 Å². The van der Waals surface area contributed by atoms with Gasteiger partial charge in [-0.25, -0.2) is 9.78 Å². The van der Waals surface area contributed by atoms with Gasteiger partial charge in [0, 0.05) is 17.9 Å². The quantitative estimate of drug-likeness (QED) is 0.729. The van der Waals surface area contributed by atoms with Crippen LogP contribution in [0.25, 0.3) is 0 Å². The first-order valence-corrected chi connectivity index (χ1v) is 8.64. The number of amides is 1. The summed E-state index contributed by atoms with van der Waals surface area (Å²) < 4.78 is 43.3. The maximum Gasteiger partial charge on any atom is 0.416 e. The molecule has 6 nitrogen and oxygen atoms in total. The number of aromatic nitrogens is 1. The van der Waals surface area contributed by atoms with E-state index in [4.69, 9.17) is 4.74 Å². The lowest BCUT2D eigenvalue weighted by atomic mass is 10.2. The molecule has 0 spiro atoms. The first-order chi connectivity index (χ1) is 13.2. The Morgan fingerprint density at radius 2 is 1.96 bits per heavy atom. The second kappa shape index (κ2) is 7.87. The molecule has 0 aliphatic heterocycles. The molecule has 1 aromatic carbocycles. The third-order valence-electron chi connectivity index (χ3n) is 4.04. The molecule has 1 unspecified atom stereocenters. The van der Waals surface area contributed by atoms with Crippen molar-refractivity contribution < 1.29 is 27.5 Å². The van der Waals surface area contributed by atoms with E-state index in [2.05, 4.69) is 15.6 Å². The van der Waals surface area contributed by atoms with Gasteiger partial charge in [-0.15, -0.1) is 0 Å². The number of anilines is 2. The Kier molecular flexibility index (Phi) is 5.53. The maximum atomic E-state index is 12.7. The predicted octanol–water partition coefficient (Wildman–Crippen LogP) is 3.86. The molecule has 1 saturated carbocycles. The molecule has 148 valence electrons. The molecule has 2 N–H and O–H groups in total. The Balaban J connectivity index is 1.56. The van der Waals surface area contributed by atoms with Crippen LogP contribution < -0.4 is 10.6 Å². The van der Waals surface area contributed by atoms with Crippen LogP contribution in [-0.4, -0.2) is 29.0 Å². The van der Waals surface area contributed by atoms with Crippen LogP contribution in [0.4, 0.5) is 24.7 Å². The molecule has 0 bridgehead atoms. The highest BCUT2D eigenvalue weighted by Crippen LogP contribution is 2.30. The van der Waals surface area contributed by atoms with Gasteiger partial charge in [-0.05, 0) is 50.1 Å². The van der Waals surface area contributed by atoms with Crippen LogP contribution in [0.1, 0.15) is 35.7 Å². The van der Waals surface area contributed by atoms with Crippen LogP contribution in [0, 0.1) is 0 Å². The number of hydrogen-bond acceptors (Lipinski definition) is 5. The molecule has 1 aliphatic carbocycles. The monoisotopic (exact) mass is 393 g/mol. The van der Waals surface area contributed by atoms with E-state index in [0.29, 0.717) is 11.9 Å². The predicted molar refractivity (Wildman–Crippen MR) is 95.8 cm³/mol. The van der Waals surface area contributed by atoms with Gasteiger partial charge in [0.2, 0.25) is 0 Å². The molecule has 2 aromatic rings. The fraction of sp³-hybridized carbons (Fsp3) is 0.316. The van der Waals surface area contributed by atoms with Gasteiger partial charge in [0.1, 0.15) is 5.82 Å². The van der Waals surface area contributed by atoms with Crippen molar-refractivity contribution in [1.82, 2.24) is 4.98 Å². The minimum absolute atomic E-state index is 0.0418. The average Bonchev–Trinajstić information content (AvgIpc) is 3.45. The smallest absolute Gasteiger partial charge is 0.416 e. The Bertz CT molecular complexity index is 865. The summed E-state index contributed by atoms with van der Waals surface area (Å²) in [4.78, 5) is 28.4. The molecule has 0 saturated heterocycles. The van der Waals surface area contributed by atoms with Gasteiger partial charge in [0.05, 0.1) is 11.1 Å². The third kappa shape index (κ3) is 5.21. The highest BCUT2D eigenvalue weighted by molar-refractivity contribution is 5.97. The van der Waals surface area contributed by atoms with Gasteiger partial charge in [0.25, 0.3) is 5.91 Å². The normalized spacial score (nSPS) is 14.9. The SMILES string of the molecule is CC(OC(=O)c1ccc(NC2CC2)nc1)C(=O)Nc1cccc(C(F)(F)F)c1. The summed E-state index contributed by atoms with van der Waals surface area (Å²) in [5, 5.41) is 5.48. The van der Waals surface area contributed by atoms with Crippen molar-refractivity contribution in [2.45, 2.75) is 38.1 Å². The number of carbonyl (C=O) groups is 2. The number of esters is 1. The van der Waals surface area contributed by atoms with E-state index in [1.165, 1.54) is 31.3 Å². The Morgan fingerprint density at radius 1 is 1.21 bits per heavy atom. The average molecular weight is 393 g/mol. The molecule has 1 aromatic heterocycles. The molecule has 1 fully saturated rings. The number of ether oxygens (including phenoxy) is 1. The summed E-state index contributed by atoms with van der Waals surface area (Å²) in [6.07, 6.45) is -2.21. The van der Waals surface area contributed by atoms with Crippen molar-refractivity contribution in [2.24, 2.45) is 0 Å². The summed E-state index contributed by atoms with van der Waals surface area (Å²) in [6.45, 7) is 1.33. The summed E-state index contributed by atoms with van der Waals surface area (Å²) >= 11 is 0. The topological polar surface area (TPSA) is 80.3 Å². The summed E-state index contributed by atoms with van der Waals surface area (Å²) in [5.74, 6) is -0.848. The van der Waals surface area contributed by atoms with E-state index in [0.717, 1.165) is 25.0 Å². The van der Waals surface area contributed by atoms with Gasteiger partial charge in [-0.3, -0.25) is 4.79 Å². The highest BCUT2D eigenvalue weighted by atomic mass is 19.4. The maximum absolute atomic E-state index is 12.7. The number of carbonyl (C=O) groups excluding carboxylic acids is 2. The molecule has 1 atom stereocenters. The van der Waals surface area contributed by atoms with E-state index in [1.807, 2.05) is 0 Å². The van der Waals surface area contributed by atoms with Crippen LogP contribution in [0.3, 0.4) is 0 Å². The minimum atomic E-state index is -4.52. The van der Waals surface area contributed by atoms with Crippen LogP contribution in [-0.2, 0) is 15.7 Å². The number of pyridine rings is 1. The largest absolute Gasteiger partial charge is 0.449 e. The number of alkyl halides is 3. The minimum Gasteiger partial charge on any atom is -0.449 e. The second-order valence-electron chi connectivity index (χ2n) is 6.47. The van der Waals surface area contributed by atoms with E-state index in [-0.39, 0.29) is 11.3 Å². The lowest BCUT2D eigenvalue weighted by Gasteiger charge is -2.14. The zero-order valence-corrected chi connectivity index (χ0v) is 14.9. The highest BCUT2D eigenvalue weighted by Gasteiger charge is 2.30. The fourth-order valence-corrected chi connectivity index (χ4v) is 2.34. The first kappa shape index (κ1) is 19.7. The zero-order chi connectivity index (χ0) is 20.3.